The fourth-order valence-corrected chi connectivity index (χ4v) is 3.02. The Hall–Kier alpha value is -1.48. The average molecular weight is 244 g/mol. The molecule has 0 radical (unpaired) electrons. The standard InChI is InChI=1S/C15H20N2O/c1-15(2)7-13(16)12-3-5-17(14(12)8-15)9-11-4-6-18-10-11/h3-6,10,13H,7-9,16H2,1-2H3. The van der Waals surface area contributed by atoms with Crippen LogP contribution in [-0.4, -0.2) is 4.57 Å². The highest BCUT2D eigenvalue weighted by molar-refractivity contribution is 5.31. The van der Waals surface area contributed by atoms with Crippen LogP contribution in [0.4, 0.5) is 0 Å². The topological polar surface area (TPSA) is 44.1 Å². The van der Waals surface area contributed by atoms with E-state index in [0.29, 0.717) is 5.41 Å². The minimum atomic E-state index is 0.175. The van der Waals surface area contributed by atoms with Crippen molar-refractivity contribution in [1.82, 2.24) is 4.57 Å². The summed E-state index contributed by atoms with van der Waals surface area (Å²) in [4.78, 5) is 0. The van der Waals surface area contributed by atoms with Gasteiger partial charge in [0.1, 0.15) is 0 Å². The minimum absolute atomic E-state index is 0.175. The molecule has 2 N–H and O–H groups in total. The Morgan fingerprint density at radius 2 is 2.28 bits per heavy atom. The Bertz CT molecular complexity index is 537. The normalized spacial score (nSPS) is 21.8. The van der Waals surface area contributed by atoms with E-state index in [-0.39, 0.29) is 6.04 Å². The number of nitrogens with zero attached hydrogens (tertiary/aromatic N) is 1. The average Bonchev–Trinajstić information content (AvgIpc) is 2.88. The molecule has 3 rings (SSSR count). The summed E-state index contributed by atoms with van der Waals surface area (Å²) < 4.78 is 7.44. The SMILES string of the molecule is CC1(C)Cc2c(ccn2Cc2ccoc2)C(N)C1. The van der Waals surface area contributed by atoms with E-state index in [2.05, 4.69) is 30.7 Å². The highest BCUT2D eigenvalue weighted by Crippen LogP contribution is 2.40. The van der Waals surface area contributed by atoms with Crippen LogP contribution >= 0.6 is 0 Å². The van der Waals surface area contributed by atoms with Gasteiger partial charge in [0.2, 0.25) is 0 Å². The molecular formula is C15H20N2O. The predicted octanol–water partition coefficient (Wildman–Crippen LogP) is 3.10. The van der Waals surface area contributed by atoms with E-state index < -0.39 is 0 Å². The molecule has 3 heteroatoms. The van der Waals surface area contributed by atoms with Gasteiger partial charge in [-0.1, -0.05) is 13.8 Å². The predicted molar refractivity (Wildman–Crippen MR) is 71.3 cm³/mol. The van der Waals surface area contributed by atoms with Gasteiger partial charge in [-0.3, -0.25) is 0 Å². The molecule has 2 aromatic heterocycles. The molecule has 2 heterocycles. The van der Waals surface area contributed by atoms with Crippen LogP contribution in [0.15, 0.2) is 35.3 Å². The second-order valence-corrected chi connectivity index (χ2v) is 6.13. The van der Waals surface area contributed by atoms with Crippen LogP contribution in [0.3, 0.4) is 0 Å². The molecular weight excluding hydrogens is 224 g/mol. The maximum Gasteiger partial charge on any atom is 0.0952 e. The zero-order valence-electron chi connectivity index (χ0n) is 11.0. The maximum absolute atomic E-state index is 6.28. The summed E-state index contributed by atoms with van der Waals surface area (Å²) in [6, 6.07) is 4.37. The Labute approximate surface area is 108 Å². The van der Waals surface area contributed by atoms with Crippen molar-refractivity contribution in [2.75, 3.05) is 0 Å². The molecule has 0 saturated carbocycles. The smallest absolute Gasteiger partial charge is 0.0952 e. The second kappa shape index (κ2) is 4.02. The van der Waals surface area contributed by atoms with Gasteiger partial charge in [-0.15, -0.1) is 0 Å². The highest BCUT2D eigenvalue weighted by Gasteiger charge is 2.32. The van der Waals surface area contributed by atoms with E-state index >= 15 is 0 Å². The summed E-state index contributed by atoms with van der Waals surface area (Å²) in [5, 5.41) is 0. The molecule has 0 amide bonds. The Kier molecular flexibility index (Phi) is 2.59. The van der Waals surface area contributed by atoms with Gasteiger partial charge in [0.15, 0.2) is 0 Å². The van der Waals surface area contributed by atoms with Crippen molar-refractivity contribution < 1.29 is 4.42 Å². The first-order valence-corrected chi connectivity index (χ1v) is 6.50. The van der Waals surface area contributed by atoms with E-state index in [0.717, 1.165) is 19.4 Å². The lowest BCUT2D eigenvalue weighted by molar-refractivity contribution is 0.276. The van der Waals surface area contributed by atoms with Crippen LogP contribution in [0.1, 0.15) is 43.1 Å². The van der Waals surface area contributed by atoms with E-state index in [1.807, 2.05) is 6.07 Å². The van der Waals surface area contributed by atoms with Crippen molar-refractivity contribution in [3.8, 4) is 0 Å². The number of rotatable bonds is 2. The molecule has 0 aliphatic heterocycles. The Morgan fingerprint density at radius 1 is 1.44 bits per heavy atom. The van der Waals surface area contributed by atoms with Gasteiger partial charge in [0.25, 0.3) is 0 Å². The number of furan rings is 1. The first-order valence-electron chi connectivity index (χ1n) is 6.50. The van der Waals surface area contributed by atoms with Gasteiger partial charge < -0.3 is 14.7 Å². The molecule has 0 saturated heterocycles. The summed E-state index contributed by atoms with van der Waals surface area (Å²) in [6.07, 6.45) is 7.84. The summed E-state index contributed by atoms with van der Waals surface area (Å²) in [5.41, 5.74) is 10.5. The van der Waals surface area contributed by atoms with Crippen molar-refractivity contribution in [3.05, 3.63) is 47.7 Å². The van der Waals surface area contributed by atoms with Crippen LogP contribution in [0.2, 0.25) is 0 Å². The van der Waals surface area contributed by atoms with Gasteiger partial charge in [0, 0.05) is 23.5 Å². The van der Waals surface area contributed by atoms with Crippen LogP contribution in [0.5, 0.6) is 0 Å². The summed E-state index contributed by atoms with van der Waals surface area (Å²) in [7, 11) is 0. The number of aromatic nitrogens is 1. The molecule has 2 aromatic rings. The summed E-state index contributed by atoms with van der Waals surface area (Å²) >= 11 is 0. The van der Waals surface area contributed by atoms with Crippen molar-refractivity contribution in [1.29, 1.82) is 0 Å². The van der Waals surface area contributed by atoms with E-state index in [9.17, 15) is 0 Å². The monoisotopic (exact) mass is 244 g/mol. The fourth-order valence-electron chi connectivity index (χ4n) is 3.02. The Morgan fingerprint density at radius 3 is 3.00 bits per heavy atom. The molecule has 0 bridgehead atoms. The molecule has 0 aromatic carbocycles. The van der Waals surface area contributed by atoms with Crippen molar-refractivity contribution in [3.63, 3.8) is 0 Å². The third kappa shape index (κ3) is 1.99. The highest BCUT2D eigenvalue weighted by atomic mass is 16.3. The fraction of sp³-hybridized carbons (Fsp3) is 0.467. The second-order valence-electron chi connectivity index (χ2n) is 6.13. The zero-order chi connectivity index (χ0) is 12.8. The molecule has 1 aliphatic rings. The molecule has 96 valence electrons. The number of hydrogen-bond donors (Lipinski definition) is 1. The van der Waals surface area contributed by atoms with Crippen LogP contribution in [0.25, 0.3) is 0 Å². The van der Waals surface area contributed by atoms with E-state index in [1.54, 1.807) is 12.5 Å². The van der Waals surface area contributed by atoms with Crippen molar-refractivity contribution in [2.24, 2.45) is 11.1 Å². The third-order valence-electron chi connectivity index (χ3n) is 3.86. The molecule has 1 unspecified atom stereocenters. The quantitative estimate of drug-likeness (QED) is 0.882. The zero-order valence-corrected chi connectivity index (χ0v) is 11.0. The molecule has 0 fully saturated rings. The van der Waals surface area contributed by atoms with Gasteiger partial charge >= 0.3 is 0 Å². The number of nitrogens with two attached hydrogens (primary N) is 1. The first kappa shape index (κ1) is 11.6. The first-order chi connectivity index (χ1) is 8.55. The Balaban J connectivity index is 1.94. The van der Waals surface area contributed by atoms with Crippen molar-refractivity contribution in [2.45, 2.75) is 39.3 Å². The largest absolute Gasteiger partial charge is 0.472 e. The molecule has 0 spiro atoms. The summed E-state index contributed by atoms with van der Waals surface area (Å²) in [5.74, 6) is 0. The lowest BCUT2D eigenvalue weighted by Crippen LogP contribution is -2.30. The van der Waals surface area contributed by atoms with Gasteiger partial charge in [-0.05, 0) is 36.0 Å². The molecule has 1 atom stereocenters. The minimum Gasteiger partial charge on any atom is -0.472 e. The number of hydrogen-bond acceptors (Lipinski definition) is 2. The lowest BCUT2D eigenvalue weighted by Gasteiger charge is -2.34. The number of fused-ring (bicyclic) bond motifs is 1. The maximum atomic E-state index is 6.28. The van der Waals surface area contributed by atoms with Crippen LogP contribution in [-0.2, 0) is 13.0 Å². The summed E-state index contributed by atoms with van der Waals surface area (Å²) in [6.45, 7) is 5.46. The molecule has 18 heavy (non-hydrogen) atoms. The van der Waals surface area contributed by atoms with Crippen LogP contribution in [0, 0.1) is 5.41 Å². The third-order valence-corrected chi connectivity index (χ3v) is 3.86. The lowest BCUT2D eigenvalue weighted by atomic mass is 9.74. The van der Waals surface area contributed by atoms with E-state index in [4.69, 9.17) is 10.2 Å². The molecule has 3 nitrogen and oxygen atoms in total. The molecule has 1 aliphatic carbocycles. The van der Waals surface area contributed by atoms with Gasteiger partial charge in [0.05, 0.1) is 19.1 Å². The van der Waals surface area contributed by atoms with Gasteiger partial charge in [-0.25, -0.2) is 0 Å². The van der Waals surface area contributed by atoms with Crippen molar-refractivity contribution >= 4 is 0 Å². The van der Waals surface area contributed by atoms with Gasteiger partial charge in [-0.2, -0.15) is 0 Å². The van der Waals surface area contributed by atoms with E-state index in [1.165, 1.54) is 16.8 Å². The van der Waals surface area contributed by atoms with Crippen LogP contribution < -0.4 is 5.73 Å².